The molecular formula is C31H28F5N3O2. The molecule has 2 amide bonds. The summed E-state index contributed by atoms with van der Waals surface area (Å²) in [5.74, 6) is -1.06. The number of carbonyl (C=O) groups excluding carboxylic acids is 2. The highest BCUT2D eigenvalue weighted by Gasteiger charge is 2.50. The van der Waals surface area contributed by atoms with Crippen LogP contribution in [-0.4, -0.2) is 47.1 Å². The predicted molar refractivity (Wildman–Crippen MR) is 143 cm³/mol. The fraction of sp³-hybridized carbons (Fsp3) is 0.323. The second-order valence-electron chi connectivity index (χ2n) is 10.4. The number of amidine groups is 1. The van der Waals surface area contributed by atoms with Crippen LogP contribution in [0.4, 0.5) is 22.0 Å². The van der Waals surface area contributed by atoms with E-state index in [2.05, 4.69) is 0 Å². The topological polar surface area (TPSA) is 53.0 Å². The van der Waals surface area contributed by atoms with E-state index in [0.717, 1.165) is 17.7 Å². The average molecular weight is 570 g/mol. The van der Waals surface area contributed by atoms with Gasteiger partial charge in [0.15, 0.2) is 5.54 Å². The minimum Gasteiger partial charge on any atom is -0.343 e. The number of piperidine rings is 1. The molecule has 2 aliphatic rings. The molecule has 10 heteroatoms. The first-order valence-electron chi connectivity index (χ1n) is 13.3. The molecule has 2 aliphatic heterocycles. The molecule has 0 unspecified atom stereocenters. The lowest BCUT2D eigenvalue weighted by Gasteiger charge is -2.33. The molecule has 0 aromatic heterocycles. The highest BCUT2D eigenvalue weighted by molar-refractivity contribution is 6.09. The van der Waals surface area contributed by atoms with Gasteiger partial charge in [0.1, 0.15) is 17.5 Å². The predicted octanol–water partition coefficient (Wildman–Crippen LogP) is 6.28. The smallest absolute Gasteiger partial charge is 0.343 e. The van der Waals surface area contributed by atoms with E-state index in [1.54, 1.807) is 11.8 Å². The Morgan fingerprint density at radius 3 is 1.88 bits per heavy atom. The van der Waals surface area contributed by atoms with E-state index in [1.807, 2.05) is 0 Å². The molecule has 5 nitrogen and oxygen atoms in total. The lowest BCUT2D eigenvalue weighted by molar-refractivity contribution is -0.138. The van der Waals surface area contributed by atoms with Crippen molar-refractivity contribution in [1.82, 2.24) is 9.80 Å². The van der Waals surface area contributed by atoms with Crippen LogP contribution in [0.2, 0.25) is 0 Å². The normalized spacial score (nSPS) is 17.6. The van der Waals surface area contributed by atoms with E-state index in [1.165, 1.54) is 65.6 Å². The third-order valence-corrected chi connectivity index (χ3v) is 7.91. The Bertz CT molecular complexity index is 1400. The second-order valence-corrected chi connectivity index (χ2v) is 10.4. The van der Waals surface area contributed by atoms with Crippen molar-refractivity contribution in [2.45, 2.75) is 43.8 Å². The van der Waals surface area contributed by atoms with Gasteiger partial charge in [0.25, 0.3) is 5.91 Å². The zero-order valence-electron chi connectivity index (χ0n) is 22.3. The van der Waals surface area contributed by atoms with Gasteiger partial charge < -0.3 is 4.90 Å². The number of halogens is 5. The maximum Gasteiger partial charge on any atom is 0.416 e. The lowest BCUT2D eigenvalue weighted by atomic mass is 9.82. The summed E-state index contributed by atoms with van der Waals surface area (Å²) in [5, 5.41) is 0. The molecule has 3 aromatic rings. The number of hydrogen-bond donors (Lipinski definition) is 0. The van der Waals surface area contributed by atoms with Crippen LogP contribution >= 0.6 is 0 Å². The van der Waals surface area contributed by atoms with E-state index in [0.29, 0.717) is 42.9 Å². The van der Waals surface area contributed by atoms with E-state index in [4.69, 9.17) is 4.99 Å². The molecule has 3 aromatic carbocycles. The highest BCUT2D eigenvalue weighted by atomic mass is 19.4. The van der Waals surface area contributed by atoms with Crippen molar-refractivity contribution in [2.75, 3.05) is 19.6 Å². The Hall–Kier alpha value is -4.08. The summed E-state index contributed by atoms with van der Waals surface area (Å²) in [5.41, 5.74) is -0.554. The summed E-state index contributed by atoms with van der Waals surface area (Å²) >= 11 is 0. The van der Waals surface area contributed by atoms with Gasteiger partial charge in [-0.25, -0.2) is 13.8 Å². The second kappa shape index (κ2) is 11.1. The Morgan fingerprint density at radius 2 is 1.39 bits per heavy atom. The first-order chi connectivity index (χ1) is 19.5. The Labute approximate surface area is 234 Å². The van der Waals surface area contributed by atoms with Gasteiger partial charge in [-0.05, 0) is 78.8 Å². The van der Waals surface area contributed by atoms with Crippen LogP contribution in [0.3, 0.4) is 0 Å². The maximum absolute atomic E-state index is 13.9. The zero-order valence-corrected chi connectivity index (χ0v) is 22.3. The van der Waals surface area contributed by atoms with Gasteiger partial charge in [-0.1, -0.05) is 36.4 Å². The number of alkyl halides is 3. The minimum absolute atomic E-state index is 0.0481. The summed E-state index contributed by atoms with van der Waals surface area (Å²) in [7, 11) is 0. The summed E-state index contributed by atoms with van der Waals surface area (Å²) in [4.78, 5) is 34.8. The lowest BCUT2D eigenvalue weighted by Crippen LogP contribution is -2.44. The molecule has 0 bridgehead atoms. The molecule has 2 heterocycles. The molecule has 1 saturated heterocycles. The molecule has 0 saturated carbocycles. The van der Waals surface area contributed by atoms with E-state index < -0.39 is 34.8 Å². The Balaban J connectivity index is 1.25. The first kappa shape index (κ1) is 28.4. The van der Waals surface area contributed by atoms with Crippen molar-refractivity contribution < 1.29 is 31.5 Å². The average Bonchev–Trinajstić information content (AvgIpc) is 3.22. The molecule has 5 rings (SSSR count). The monoisotopic (exact) mass is 569 g/mol. The van der Waals surface area contributed by atoms with Gasteiger partial charge in [-0.2, -0.15) is 13.2 Å². The van der Waals surface area contributed by atoms with Crippen LogP contribution in [0.1, 0.15) is 54.4 Å². The Kier molecular flexibility index (Phi) is 7.68. The first-order valence-corrected chi connectivity index (χ1v) is 13.3. The van der Waals surface area contributed by atoms with Gasteiger partial charge in [0, 0.05) is 26.1 Å². The highest BCUT2D eigenvalue weighted by Crippen LogP contribution is 2.40. The maximum atomic E-state index is 13.9. The number of carbonyl (C=O) groups is 2. The zero-order chi connectivity index (χ0) is 29.4. The third-order valence-electron chi connectivity index (χ3n) is 7.91. The molecule has 0 radical (unpaired) electrons. The van der Waals surface area contributed by atoms with Crippen LogP contribution < -0.4 is 0 Å². The fourth-order valence-electron chi connectivity index (χ4n) is 5.65. The number of nitrogens with zero attached hydrogens (tertiary/aromatic N) is 3. The number of hydrogen-bond acceptors (Lipinski definition) is 3. The van der Waals surface area contributed by atoms with Crippen molar-refractivity contribution >= 4 is 17.6 Å². The molecule has 0 aliphatic carbocycles. The van der Waals surface area contributed by atoms with E-state index in [9.17, 15) is 31.5 Å². The fourth-order valence-corrected chi connectivity index (χ4v) is 5.65. The van der Waals surface area contributed by atoms with Crippen molar-refractivity contribution in [3.8, 4) is 0 Å². The van der Waals surface area contributed by atoms with Crippen LogP contribution in [0.5, 0.6) is 0 Å². The SMILES string of the molecule is CC1=NC(c2ccc(F)cc2)(c2ccc(F)cc2)C(=O)N1CCC(=O)N1CCC(c2ccc(C(F)(F)F)cc2)CC1. The van der Waals surface area contributed by atoms with Crippen molar-refractivity contribution in [3.63, 3.8) is 0 Å². The van der Waals surface area contributed by atoms with Crippen LogP contribution in [0.25, 0.3) is 0 Å². The van der Waals surface area contributed by atoms with E-state index in [-0.39, 0.29) is 24.8 Å². The summed E-state index contributed by atoms with van der Waals surface area (Å²) < 4.78 is 66.0. The number of aliphatic imine (C=N–C) groups is 1. The molecule has 41 heavy (non-hydrogen) atoms. The molecule has 214 valence electrons. The largest absolute Gasteiger partial charge is 0.416 e. The number of likely N-dealkylation sites (tertiary alicyclic amines) is 1. The molecule has 0 N–H and O–H groups in total. The van der Waals surface area contributed by atoms with Gasteiger partial charge in [-0.3, -0.25) is 14.5 Å². The summed E-state index contributed by atoms with van der Waals surface area (Å²) in [6, 6.07) is 16.0. The van der Waals surface area contributed by atoms with Crippen LogP contribution in [-0.2, 0) is 21.3 Å². The minimum atomic E-state index is -4.38. The van der Waals surface area contributed by atoms with Gasteiger partial charge in [-0.15, -0.1) is 0 Å². The van der Waals surface area contributed by atoms with Crippen molar-refractivity contribution in [2.24, 2.45) is 4.99 Å². The van der Waals surface area contributed by atoms with Crippen molar-refractivity contribution in [1.29, 1.82) is 0 Å². The quantitative estimate of drug-likeness (QED) is 0.328. The van der Waals surface area contributed by atoms with Gasteiger partial charge >= 0.3 is 6.18 Å². The number of benzene rings is 3. The van der Waals surface area contributed by atoms with E-state index >= 15 is 0 Å². The number of rotatable bonds is 6. The molecular weight excluding hydrogens is 541 g/mol. The van der Waals surface area contributed by atoms with Crippen molar-refractivity contribution in [3.05, 3.63) is 107 Å². The van der Waals surface area contributed by atoms with Gasteiger partial charge in [0.05, 0.1) is 5.56 Å². The third kappa shape index (κ3) is 5.60. The summed E-state index contributed by atoms with van der Waals surface area (Å²) in [6.07, 6.45) is -3.09. The Morgan fingerprint density at radius 1 is 0.878 bits per heavy atom. The molecule has 0 atom stereocenters. The molecule has 0 spiro atoms. The van der Waals surface area contributed by atoms with Crippen LogP contribution in [0, 0.1) is 11.6 Å². The van der Waals surface area contributed by atoms with Gasteiger partial charge in [0.2, 0.25) is 5.91 Å². The molecule has 1 fully saturated rings. The number of amides is 2. The summed E-state index contributed by atoms with van der Waals surface area (Å²) in [6.45, 7) is 2.66. The van der Waals surface area contributed by atoms with Crippen LogP contribution in [0.15, 0.2) is 77.8 Å². The standard InChI is InChI=1S/C31H28F5N3O2/c1-20-37-30(23-6-10-26(32)11-7-23,24-8-12-27(33)13-9-24)29(41)39(20)19-16-28(40)38-17-14-22(15-18-38)21-2-4-25(5-3-21)31(34,35)36/h2-13,22H,14-19H2,1H3.